The van der Waals surface area contributed by atoms with E-state index in [2.05, 4.69) is 17.2 Å². The van der Waals surface area contributed by atoms with Crippen LogP contribution in [0.5, 0.6) is 5.88 Å². The molecule has 2 atom stereocenters. The quantitative estimate of drug-likeness (QED) is 0.845. The van der Waals surface area contributed by atoms with Crippen LogP contribution in [-0.4, -0.2) is 18.1 Å². The summed E-state index contributed by atoms with van der Waals surface area (Å²) in [6.45, 7) is 2.31. The van der Waals surface area contributed by atoms with Crippen LogP contribution in [0.1, 0.15) is 32.6 Å². The van der Waals surface area contributed by atoms with Crippen molar-refractivity contribution < 1.29 is 4.74 Å². The monoisotopic (exact) mass is 235 g/mol. The Morgan fingerprint density at radius 2 is 2.24 bits per heavy atom. The number of hydrogen-bond acceptors (Lipinski definition) is 4. The van der Waals surface area contributed by atoms with Crippen molar-refractivity contribution >= 4 is 11.5 Å². The molecule has 2 rings (SSSR count). The average Bonchev–Trinajstić information content (AvgIpc) is 2.32. The number of hydrogen-bond donors (Lipinski definition) is 2. The molecule has 0 saturated heterocycles. The van der Waals surface area contributed by atoms with E-state index in [1.807, 2.05) is 12.1 Å². The zero-order valence-electron chi connectivity index (χ0n) is 10.6. The largest absolute Gasteiger partial charge is 0.479 e. The van der Waals surface area contributed by atoms with E-state index in [1.54, 1.807) is 7.11 Å². The minimum absolute atomic E-state index is 0.499. The first-order valence-electron chi connectivity index (χ1n) is 6.26. The van der Waals surface area contributed by atoms with Crippen molar-refractivity contribution in [1.29, 1.82) is 0 Å². The normalized spacial score (nSPS) is 24.4. The number of aromatic nitrogens is 1. The molecular weight excluding hydrogens is 214 g/mol. The summed E-state index contributed by atoms with van der Waals surface area (Å²) < 4.78 is 5.12. The van der Waals surface area contributed by atoms with E-state index >= 15 is 0 Å². The van der Waals surface area contributed by atoms with Crippen molar-refractivity contribution in [1.82, 2.24) is 4.98 Å². The van der Waals surface area contributed by atoms with Crippen LogP contribution in [0.2, 0.25) is 0 Å². The molecule has 1 aromatic rings. The molecule has 3 N–H and O–H groups in total. The smallest absolute Gasteiger partial charge is 0.238 e. The van der Waals surface area contributed by atoms with Crippen LogP contribution >= 0.6 is 0 Å². The van der Waals surface area contributed by atoms with Crippen molar-refractivity contribution in [3.05, 3.63) is 12.1 Å². The number of nitrogens with one attached hydrogen (secondary N) is 1. The van der Waals surface area contributed by atoms with Crippen LogP contribution in [0.3, 0.4) is 0 Å². The third-order valence-corrected chi connectivity index (χ3v) is 3.37. The molecule has 0 spiro atoms. The molecule has 0 amide bonds. The lowest BCUT2D eigenvalue weighted by molar-refractivity contribution is 0.357. The third-order valence-electron chi connectivity index (χ3n) is 3.37. The molecule has 1 fully saturated rings. The molecule has 4 heteroatoms. The van der Waals surface area contributed by atoms with Gasteiger partial charge in [-0.1, -0.05) is 19.8 Å². The van der Waals surface area contributed by atoms with Gasteiger partial charge < -0.3 is 15.8 Å². The standard InChI is InChI=1S/C13H21N3O/c1-9-4-3-5-10(8-9)15-12-7-6-11(14)13(16-12)17-2/h6-7,9-10H,3-5,8,14H2,1-2H3,(H,15,16). The minimum atomic E-state index is 0.499. The maximum Gasteiger partial charge on any atom is 0.238 e. The van der Waals surface area contributed by atoms with Gasteiger partial charge in [0.1, 0.15) is 5.82 Å². The molecular formula is C13H21N3O. The van der Waals surface area contributed by atoms with Gasteiger partial charge in [0.25, 0.3) is 0 Å². The number of nitrogens with two attached hydrogens (primary N) is 1. The first-order chi connectivity index (χ1) is 8.19. The summed E-state index contributed by atoms with van der Waals surface area (Å²) in [5, 5.41) is 3.47. The molecule has 2 unspecified atom stereocenters. The summed E-state index contributed by atoms with van der Waals surface area (Å²) in [7, 11) is 1.59. The Hall–Kier alpha value is -1.45. The summed E-state index contributed by atoms with van der Waals surface area (Å²) in [5.74, 6) is 2.16. The Morgan fingerprint density at radius 1 is 1.41 bits per heavy atom. The number of anilines is 2. The van der Waals surface area contributed by atoms with Gasteiger partial charge in [-0.05, 0) is 30.9 Å². The highest BCUT2D eigenvalue weighted by atomic mass is 16.5. The number of ether oxygens (including phenoxy) is 1. The predicted octanol–water partition coefficient (Wildman–Crippen LogP) is 2.66. The average molecular weight is 235 g/mol. The number of methoxy groups -OCH3 is 1. The fraction of sp³-hybridized carbons (Fsp3) is 0.615. The van der Waals surface area contributed by atoms with Crippen LogP contribution in [0, 0.1) is 5.92 Å². The van der Waals surface area contributed by atoms with E-state index in [-0.39, 0.29) is 0 Å². The summed E-state index contributed by atoms with van der Waals surface area (Å²) in [6, 6.07) is 4.27. The molecule has 1 saturated carbocycles. The van der Waals surface area contributed by atoms with E-state index in [0.717, 1.165) is 11.7 Å². The number of rotatable bonds is 3. The molecule has 4 nitrogen and oxygen atoms in total. The van der Waals surface area contributed by atoms with Crippen LogP contribution in [-0.2, 0) is 0 Å². The third kappa shape index (κ3) is 3.02. The molecule has 1 aliphatic carbocycles. The van der Waals surface area contributed by atoms with E-state index in [0.29, 0.717) is 17.6 Å². The first-order valence-corrected chi connectivity index (χ1v) is 6.26. The van der Waals surface area contributed by atoms with E-state index in [4.69, 9.17) is 10.5 Å². The molecule has 94 valence electrons. The van der Waals surface area contributed by atoms with Crippen molar-refractivity contribution in [3.63, 3.8) is 0 Å². The number of pyridine rings is 1. The lowest BCUT2D eigenvalue weighted by Gasteiger charge is -2.27. The van der Waals surface area contributed by atoms with Crippen molar-refractivity contribution in [2.45, 2.75) is 38.6 Å². The Morgan fingerprint density at radius 3 is 2.94 bits per heavy atom. The second-order valence-corrected chi connectivity index (χ2v) is 4.91. The van der Waals surface area contributed by atoms with Gasteiger partial charge in [0.2, 0.25) is 5.88 Å². The highest BCUT2D eigenvalue weighted by Gasteiger charge is 2.19. The SMILES string of the molecule is COc1nc(NC2CCCC(C)C2)ccc1N. The molecule has 1 aliphatic rings. The number of nitrogen functional groups attached to an aromatic ring is 1. The molecule has 17 heavy (non-hydrogen) atoms. The van der Waals surface area contributed by atoms with Gasteiger partial charge >= 0.3 is 0 Å². The van der Waals surface area contributed by atoms with Gasteiger partial charge in [-0.25, -0.2) is 0 Å². The Bertz CT molecular complexity index is 381. The first kappa shape index (κ1) is 12.0. The fourth-order valence-corrected chi connectivity index (χ4v) is 2.47. The Kier molecular flexibility index (Phi) is 3.71. The highest BCUT2D eigenvalue weighted by Crippen LogP contribution is 2.27. The zero-order chi connectivity index (χ0) is 12.3. The van der Waals surface area contributed by atoms with E-state index < -0.39 is 0 Å². The molecule has 0 aliphatic heterocycles. The van der Waals surface area contributed by atoms with E-state index in [9.17, 15) is 0 Å². The molecule has 0 aromatic carbocycles. The van der Waals surface area contributed by atoms with E-state index in [1.165, 1.54) is 25.7 Å². The Balaban J connectivity index is 2.02. The van der Waals surface area contributed by atoms with Gasteiger partial charge in [-0.2, -0.15) is 4.98 Å². The minimum Gasteiger partial charge on any atom is -0.479 e. The van der Waals surface area contributed by atoms with Crippen LogP contribution < -0.4 is 15.8 Å². The molecule has 1 heterocycles. The zero-order valence-corrected chi connectivity index (χ0v) is 10.6. The second kappa shape index (κ2) is 5.25. The van der Waals surface area contributed by atoms with Gasteiger partial charge in [-0.15, -0.1) is 0 Å². The summed E-state index contributed by atoms with van der Waals surface area (Å²) in [6.07, 6.45) is 5.08. The lowest BCUT2D eigenvalue weighted by Crippen LogP contribution is -2.26. The lowest BCUT2D eigenvalue weighted by atomic mass is 9.87. The van der Waals surface area contributed by atoms with Crippen molar-refractivity contribution in [2.75, 3.05) is 18.2 Å². The molecule has 0 bridgehead atoms. The maximum atomic E-state index is 5.74. The predicted molar refractivity (Wildman–Crippen MR) is 70.2 cm³/mol. The Labute approximate surface area is 103 Å². The van der Waals surface area contributed by atoms with Gasteiger partial charge in [-0.3, -0.25) is 0 Å². The summed E-state index contributed by atoms with van der Waals surface area (Å²) >= 11 is 0. The second-order valence-electron chi connectivity index (χ2n) is 4.91. The van der Waals surface area contributed by atoms with Gasteiger partial charge in [0.05, 0.1) is 12.8 Å². The van der Waals surface area contributed by atoms with Crippen LogP contribution in [0.25, 0.3) is 0 Å². The topological polar surface area (TPSA) is 60.2 Å². The summed E-state index contributed by atoms with van der Waals surface area (Å²) in [4.78, 5) is 4.35. The van der Waals surface area contributed by atoms with Crippen LogP contribution in [0.4, 0.5) is 11.5 Å². The molecule has 0 radical (unpaired) electrons. The van der Waals surface area contributed by atoms with Gasteiger partial charge in [0, 0.05) is 6.04 Å². The van der Waals surface area contributed by atoms with Crippen molar-refractivity contribution in [2.24, 2.45) is 5.92 Å². The maximum absolute atomic E-state index is 5.74. The molecule has 1 aromatic heterocycles. The van der Waals surface area contributed by atoms with Crippen molar-refractivity contribution in [3.8, 4) is 5.88 Å². The van der Waals surface area contributed by atoms with Gasteiger partial charge in [0.15, 0.2) is 0 Å². The van der Waals surface area contributed by atoms with Crippen LogP contribution in [0.15, 0.2) is 12.1 Å². The highest BCUT2D eigenvalue weighted by molar-refractivity contribution is 5.53. The summed E-state index contributed by atoms with van der Waals surface area (Å²) in [5.41, 5.74) is 6.32. The number of nitrogens with zero attached hydrogens (tertiary/aromatic N) is 1. The fourth-order valence-electron chi connectivity index (χ4n) is 2.47.